The topological polar surface area (TPSA) is 18.5 Å². The minimum absolute atomic E-state index is 0.192. The monoisotopic (exact) mass is 358 g/mol. The Morgan fingerprint density at radius 1 is 0.704 bits per heavy atom. The lowest BCUT2D eigenvalue weighted by atomic mass is 9.86. The van der Waals surface area contributed by atoms with Gasteiger partial charge in [0.15, 0.2) is 0 Å². The fourth-order valence-electron chi connectivity index (χ4n) is 3.81. The van der Waals surface area contributed by atoms with Crippen molar-refractivity contribution in [3.05, 3.63) is 95.1 Å². The largest absolute Gasteiger partial charge is 0.351 e. The van der Waals surface area contributed by atoms with Crippen LogP contribution in [0.3, 0.4) is 0 Å². The zero-order valence-corrected chi connectivity index (χ0v) is 16.2. The van der Waals surface area contributed by atoms with Gasteiger partial charge < -0.3 is 9.47 Å². The molecule has 0 aliphatic heterocycles. The third-order valence-corrected chi connectivity index (χ3v) is 5.03. The Balaban J connectivity index is 1.66. The highest BCUT2D eigenvalue weighted by molar-refractivity contribution is 5.80. The van der Waals surface area contributed by atoms with Crippen LogP contribution in [0.4, 0.5) is 0 Å². The maximum absolute atomic E-state index is 5.85. The molecule has 0 atom stereocenters. The average Bonchev–Trinajstić information content (AvgIpc) is 2.99. The molecular formula is C25H26O2. The van der Waals surface area contributed by atoms with Gasteiger partial charge in [0.1, 0.15) is 6.79 Å². The molecule has 0 bridgehead atoms. The number of rotatable bonds is 5. The summed E-state index contributed by atoms with van der Waals surface area (Å²) in [5, 5.41) is 0. The van der Waals surface area contributed by atoms with Crippen LogP contribution in [0.25, 0.3) is 11.1 Å². The molecular weight excluding hydrogens is 332 g/mol. The predicted molar refractivity (Wildman–Crippen MR) is 110 cm³/mol. The molecule has 4 rings (SSSR count). The van der Waals surface area contributed by atoms with Gasteiger partial charge in [-0.3, -0.25) is 0 Å². The van der Waals surface area contributed by atoms with Crippen LogP contribution >= 0.6 is 0 Å². The molecule has 3 aromatic carbocycles. The van der Waals surface area contributed by atoms with Crippen LogP contribution in [0.2, 0.25) is 0 Å². The number of hydrogen-bond donors (Lipinski definition) is 0. The van der Waals surface area contributed by atoms with Crippen molar-refractivity contribution >= 4 is 0 Å². The molecule has 27 heavy (non-hydrogen) atoms. The summed E-state index contributed by atoms with van der Waals surface area (Å²) in [5.41, 5.74) is 7.75. The van der Waals surface area contributed by atoms with Crippen molar-refractivity contribution in [3.63, 3.8) is 0 Å². The molecule has 0 aromatic heterocycles. The van der Waals surface area contributed by atoms with Crippen molar-refractivity contribution in [2.24, 2.45) is 0 Å². The Labute approximate surface area is 161 Å². The normalized spacial score (nSPS) is 13.4. The highest BCUT2D eigenvalue weighted by atomic mass is 16.7. The van der Waals surface area contributed by atoms with Gasteiger partial charge >= 0.3 is 0 Å². The van der Waals surface area contributed by atoms with Gasteiger partial charge in [0.25, 0.3) is 0 Å². The van der Waals surface area contributed by atoms with Gasteiger partial charge in [-0.1, -0.05) is 72.8 Å². The molecule has 138 valence electrons. The third kappa shape index (κ3) is 3.69. The van der Waals surface area contributed by atoms with E-state index in [1.54, 1.807) is 0 Å². The van der Waals surface area contributed by atoms with Gasteiger partial charge in [-0.25, -0.2) is 0 Å². The summed E-state index contributed by atoms with van der Waals surface area (Å²) >= 11 is 0. The molecule has 2 nitrogen and oxygen atoms in total. The summed E-state index contributed by atoms with van der Waals surface area (Å²) in [6, 6.07) is 26.1. The lowest BCUT2D eigenvalue weighted by Gasteiger charge is -2.21. The maximum atomic E-state index is 5.85. The molecule has 0 saturated carbocycles. The van der Waals surface area contributed by atoms with Crippen molar-refractivity contribution in [1.82, 2.24) is 0 Å². The van der Waals surface area contributed by atoms with E-state index >= 15 is 0 Å². The van der Waals surface area contributed by atoms with Crippen molar-refractivity contribution in [3.8, 4) is 11.1 Å². The van der Waals surface area contributed by atoms with Gasteiger partial charge in [-0.2, -0.15) is 0 Å². The van der Waals surface area contributed by atoms with E-state index < -0.39 is 0 Å². The fraction of sp³-hybridized carbons (Fsp3) is 0.280. The van der Waals surface area contributed by atoms with Gasteiger partial charge in [0.05, 0.1) is 12.2 Å². The lowest BCUT2D eigenvalue weighted by Crippen LogP contribution is -2.21. The first kappa shape index (κ1) is 18.0. The number of hydrogen-bond acceptors (Lipinski definition) is 2. The summed E-state index contributed by atoms with van der Waals surface area (Å²) in [6.07, 6.45) is 0. The van der Waals surface area contributed by atoms with Gasteiger partial charge in [0, 0.05) is 5.92 Å². The smallest absolute Gasteiger partial charge is 0.147 e. The highest BCUT2D eigenvalue weighted by Crippen LogP contribution is 2.48. The zero-order chi connectivity index (χ0) is 18.9. The van der Waals surface area contributed by atoms with Crippen LogP contribution in [0.5, 0.6) is 0 Å². The summed E-state index contributed by atoms with van der Waals surface area (Å²) in [7, 11) is 0. The van der Waals surface area contributed by atoms with E-state index in [2.05, 4.69) is 72.8 Å². The quantitative estimate of drug-likeness (QED) is 0.315. The molecule has 0 unspecified atom stereocenters. The zero-order valence-electron chi connectivity index (χ0n) is 16.2. The Kier molecular flexibility index (Phi) is 4.86. The summed E-state index contributed by atoms with van der Waals surface area (Å²) < 4.78 is 11.6. The first-order valence-electron chi connectivity index (χ1n) is 9.52. The van der Waals surface area contributed by atoms with Crippen molar-refractivity contribution in [2.45, 2.75) is 38.9 Å². The Morgan fingerprint density at radius 2 is 1.22 bits per heavy atom. The highest BCUT2D eigenvalue weighted by Gasteiger charge is 2.30. The molecule has 0 fully saturated rings. The molecule has 1 aliphatic rings. The second-order valence-corrected chi connectivity index (χ2v) is 8.03. The molecule has 0 heterocycles. The molecule has 3 aromatic rings. The Hall–Kier alpha value is -2.42. The number of fused-ring (bicyclic) bond motifs is 3. The van der Waals surface area contributed by atoms with Crippen LogP contribution in [0.15, 0.2) is 72.8 Å². The number of ether oxygens (including phenoxy) is 2. The summed E-state index contributed by atoms with van der Waals surface area (Å²) in [4.78, 5) is 0. The van der Waals surface area contributed by atoms with E-state index in [0.29, 0.717) is 13.4 Å². The minimum atomic E-state index is -0.192. The van der Waals surface area contributed by atoms with E-state index in [1.807, 2.05) is 20.8 Å². The molecule has 0 radical (unpaired) electrons. The van der Waals surface area contributed by atoms with E-state index in [4.69, 9.17) is 9.47 Å². The van der Waals surface area contributed by atoms with E-state index in [1.165, 1.54) is 33.4 Å². The van der Waals surface area contributed by atoms with Gasteiger partial charge in [-0.15, -0.1) is 0 Å². The van der Waals surface area contributed by atoms with Crippen LogP contribution in [0, 0.1) is 0 Å². The van der Waals surface area contributed by atoms with Crippen molar-refractivity contribution < 1.29 is 9.47 Å². The minimum Gasteiger partial charge on any atom is -0.351 e. The fourth-order valence-corrected chi connectivity index (χ4v) is 3.81. The molecule has 1 aliphatic carbocycles. The first-order chi connectivity index (χ1) is 13.0. The van der Waals surface area contributed by atoms with Crippen LogP contribution in [-0.4, -0.2) is 12.4 Å². The van der Waals surface area contributed by atoms with Crippen LogP contribution < -0.4 is 0 Å². The van der Waals surface area contributed by atoms with E-state index in [9.17, 15) is 0 Å². The Bertz CT molecular complexity index is 891. The third-order valence-electron chi connectivity index (χ3n) is 5.03. The number of benzene rings is 3. The molecule has 0 spiro atoms. The second kappa shape index (κ2) is 7.30. The van der Waals surface area contributed by atoms with Crippen LogP contribution in [0.1, 0.15) is 48.9 Å². The van der Waals surface area contributed by atoms with E-state index in [0.717, 1.165) is 0 Å². The molecule has 0 saturated heterocycles. The van der Waals surface area contributed by atoms with E-state index in [-0.39, 0.29) is 11.5 Å². The standard InChI is InChI=1S/C25H26O2/c1-25(2,3)27-17-26-16-18-10-4-5-11-19(18)24-22-14-8-6-12-20(22)21-13-7-9-15-23(21)24/h4-15,24H,16-17H2,1-3H3. The average molecular weight is 358 g/mol. The molecule has 0 amide bonds. The first-order valence-corrected chi connectivity index (χ1v) is 9.52. The Morgan fingerprint density at radius 3 is 1.81 bits per heavy atom. The lowest BCUT2D eigenvalue weighted by molar-refractivity contribution is -0.125. The van der Waals surface area contributed by atoms with Gasteiger partial charge in [0.2, 0.25) is 0 Å². The van der Waals surface area contributed by atoms with Gasteiger partial charge in [-0.05, 0) is 54.2 Å². The van der Waals surface area contributed by atoms with Crippen LogP contribution in [-0.2, 0) is 16.1 Å². The SMILES string of the molecule is CC(C)(C)OCOCc1ccccc1C1c2ccccc2-c2ccccc21. The molecule has 2 heteroatoms. The maximum Gasteiger partial charge on any atom is 0.147 e. The van der Waals surface area contributed by atoms with Crippen molar-refractivity contribution in [1.29, 1.82) is 0 Å². The second-order valence-electron chi connectivity index (χ2n) is 8.03. The molecule has 0 N–H and O–H groups in total. The summed E-state index contributed by atoms with van der Waals surface area (Å²) in [5.74, 6) is 0.251. The van der Waals surface area contributed by atoms with Crippen molar-refractivity contribution in [2.75, 3.05) is 6.79 Å². The summed E-state index contributed by atoms with van der Waals surface area (Å²) in [6.45, 7) is 6.97. The predicted octanol–water partition coefficient (Wildman–Crippen LogP) is 6.14.